The van der Waals surface area contributed by atoms with Gasteiger partial charge in [-0.15, -0.1) is 0 Å². The molecule has 0 aromatic carbocycles. The second kappa shape index (κ2) is 8.61. The predicted octanol–water partition coefficient (Wildman–Crippen LogP) is 0.437. The van der Waals surface area contributed by atoms with Crippen LogP contribution in [-0.2, 0) is 19.1 Å². The number of nitrogens with zero attached hydrogens (tertiary/aromatic N) is 2. The Balaban J connectivity index is 0.000000595. The summed E-state index contributed by atoms with van der Waals surface area (Å²) < 4.78 is 11.2. The van der Waals surface area contributed by atoms with Crippen molar-refractivity contribution in [2.24, 2.45) is 5.41 Å². The van der Waals surface area contributed by atoms with E-state index in [4.69, 9.17) is 19.4 Å². The molecule has 7 nitrogen and oxygen atoms in total. The van der Waals surface area contributed by atoms with Crippen molar-refractivity contribution in [1.82, 2.24) is 9.80 Å². The quantitative estimate of drug-likeness (QED) is 0.757. The Labute approximate surface area is 137 Å². The molecule has 0 aromatic heterocycles. The second-order valence-electron chi connectivity index (χ2n) is 6.68. The number of hydrogen-bond acceptors (Lipinski definition) is 5. The molecule has 3 aliphatic rings. The van der Waals surface area contributed by atoms with Gasteiger partial charge < -0.3 is 19.5 Å². The molecule has 2 saturated heterocycles. The maximum Gasteiger partial charge on any atom is 0.290 e. The molecule has 132 valence electrons. The highest BCUT2D eigenvalue weighted by atomic mass is 16.6. The molecule has 1 saturated carbocycles. The van der Waals surface area contributed by atoms with Crippen LogP contribution in [0.2, 0.25) is 0 Å². The zero-order valence-corrected chi connectivity index (χ0v) is 13.9. The van der Waals surface area contributed by atoms with Gasteiger partial charge in [0.15, 0.2) is 0 Å². The summed E-state index contributed by atoms with van der Waals surface area (Å²) in [7, 11) is 0. The van der Waals surface area contributed by atoms with E-state index in [1.165, 1.54) is 0 Å². The van der Waals surface area contributed by atoms with E-state index in [0.29, 0.717) is 19.1 Å². The summed E-state index contributed by atoms with van der Waals surface area (Å²) in [6, 6.07) is 0. The molecule has 0 bridgehead atoms. The smallest absolute Gasteiger partial charge is 0.290 e. The van der Waals surface area contributed by atoms with E-state index in [1.807, 2.05) is 0 Å². The van der Waals surface area contributed by atoms with E-state index in [0.717, 1.165) is 58.6 Å². The fraction of sp³-hybridized carbons (Fsp3) is 0.875. The van der Waals surface area contributed by atoms with Crippen LogP contribution in [0.4, 0.5) is 0 Å². The fourth-order valence-electron chi connectivity index (χ4n) is 3.07. The van der Waals surface area contributed by atoms with Gasteiger partial charge in [0.1, 0.15) is 0 Å². The number of carbonyl (C=O) groups is 2. The number of carbonyl (C=O) groups excluding carboxylic acids is 1. The molecule has 3 rings (SSSR count). The minimum absolute atomic E-state index is 0.0323. The molecule has 23 heavy (non-hydrogen) atoms. The lowest BCUT2D eigenvalue weighted by Crippen LogP contribution is -2.42. The van der Waals surface area contributed by atoms with Crippen LogP contribution in [0.25, 0.3) is 0 Å². The van der Waals surface area contributed by atoms with Crippen molar-refractivity contribution in [3.8, 4) is 0 Å². The fourth-order valence-corrected chi connectivity index (χ4v) is 3.07. The average molecular weight is 328 g/mol. The van der Waals surface area contributed by atoms with Gasteiger partial charge in [0.2, 0.25) is 5.91 Å². The molecule has 1 amide bonds. The number of amides is 1. The molecule has 1 aliphatic carbocycles. The van der Waals surface area contributed by atoms with E-state index in [9.17, 15) is 4.79 Å². The van der Waals surface area contributed by atoms with Crippen LogP contribution in [0.5, 0.6) is 0 Å². The zero-order valence-electron chi connectivity index (χ0n) is 13.9. The van der Waals surface area contributed by atoms with Gasteiger partial charge in [0.05, 0.1) is 25.9 Å². The third kappa shape index (κ3) is 5.44. The SMILES string of the molecule is CC1(C(=O)N2CCCN(CC3COCCO3)CC2)CC1.O=CO. The first-order valence-electron chi connectivity index (χ1n) is 8.38. The summed E-state index contributed by atoms with van der Waals surface area (Å²) >= 11 is 0. The normalized spacial score (nSPS) is 27.3. The molecule has 2 heterocycles. The molecule has 1 atom stereocenters. The van der Waals surface area contributed by atoms with Crippen LogP contribution >= 0.6 is 0 Å². The number of hydrogen-bond donors (Lipinski definition) is 1. The van der Waals surface area contributed by atoms with Gasteiger partial charge in [-0.2, -0.15) is 0 Å². The Morgan fingerprint density at radius 2 is 2.00 bits per heavy atom. The van der Waals surface area contributed by atoms with Gasteiger partial charge >= 0.3 is 0 Å². The summed E-state index contributed by atoms with van der Waals surface area (Å²) in [5, 5.41) is 6.89. The summed E-state index contributed by atoms with van der Waals surface area (Å²) in [4.78, 5) is 25.2. The number of carboxylic acid groups (broad SMARTS) is 1. The van der Waals surface area contributed by atoms with Crippen LogP contribution < -0.4 is 0 Å². The molecule has 2 aliphatic heterocycles. The maximum absolute atomic E-state index is 12.4. The highest BCUT2D eigenvalue weighted by Crippen LogP contribution is 2.46. The van der Waals surface area contributed by atoms with E-state index in [2.05, 4.69) is 16.7 Å². The van der Waals surface area contributed by atoms with Crippen molar-refractivity contribution in [3.63, 3.8) is 0 Å². The monoisotopic (exact) mass is 328 g/mol. The summed E-state index contributed by atoms with van der Waals surface area (Å²) in [5.74, 6) is 0.372. The minimum Gasteiger partial charge on any atom is -0.483 e. The van der Waals surface area contributed by atoms with E-state index in [1.54, 1.807) is 0 Å². The molecule has 0 spiro atoms. The molecule has 0 aromatic rings. The van der Waals surface area contributed by atoms with E-state index >= 15 is 0 Å². The zero-order chi connectivity index (χ0) is 16.7. The van der Waals surface area contributed by atoms with Crippen molar-refractivity contribution in [1.29, 1.82) is 0 Å². The molecule has 7 heteroatoms. The van der Waals surface area contributed by atoms with Crippen molar-refractivity contribution in [2.45, 2.75) is 32.3 Å². The molecular weight excluding hydrogens is 300 g/mol. The highest BCUT2D eigenvalue weighted by Gasteiger charge is 2.47. The minimum atomic E-state index is -0.250. The van der Waals surface area contributed by atoms with Crippen LogP contribution in [-0.4, -0.2) is 85.9 Å². The van der Waals surface area contributed by atoms with Crippen molar-refractivity contribution >= 4 is 12.4 Å². The van der Waals surface area contributed by atoms with Gasteiger partial charge in [-0.1, -0.05) is 6.92 Å². The Morgan fingerprint density at radius 1 is 1.26 bits per heavy atom. The second-order valence-corrected chi connectivity index (χ2v) is 6.68. The summed E-state index contributed by atoms with van der Waals surface area (Å²) in [5.41, 5.74) is -0.0323. The molecular formula is C16H28N2O5. The third-order valence-corrected chi connectivity index (χ3v) is 4.74. The first kappa shape index (κ1) is 18.2. The highest BCUT2D eigenvalue weighted by molar-refractivity contribution is 5.84. The van der Waals surface area contributed by atoms with Gasteiger partial charge in [-0.05, 0) is 25.8 Å². The van der Waals surface area contributed by atoms with Gasteiger partial charge in [0, 0.05) is 31.6 Å². The summed E-state index contributed by atoms with van der Waals surface area (Å²) in [6.45, 7) is 8.71. The maximum atomic E-state index is 12.4. The van der Waals surface area contributed by atoms with Gasteiger partial charge in [-0.3, -0.25) is 14.5 Å². The van der Waals surface area contributed by atoms with Crippen molar-refractivity contribution in [2.75, 3.05) is 52.5 Å². The first-order chi connectivity index (χ1) is 11.1. The Bertz CT molecular complexity index is 394. The molecule has 3 fully saturated rings. The first-order valence-corrected chi connectivity index (χ1v) is 8.38. The van der Waals surface area contributed by atoms with Crippen LogP contribution in [0.1, 0.15) is 26.2 Å². The molecule has 1 N–H and O–H groups in total. The Kier molecular flexibility index (Phi) is 6.80. The summed E-state index contributed by atoms with van der Waals surface area (Å²) in [6.07, 6.45) is 3.40. The van der Waals surface area contributed by atoms with E-state index in [-0.39, 0.29) is 18.0 Å². The number of rotatable bonds is 3. The topological polar surface area (TPSA) is 79.3 Å². The van der Waals surface area contributed by atoms with Crippen molar-refractivity contribution < 1.29 is 24.2 Å². The lowest BCUT2D eigenvalue weighted by molar-refractivity contribution is -0.136. The molecule has 1 unspecified atom stereocenters. The van der Waals surface area contributed by atoms with Gasteiger partial charge in [0.25, 0.3) is 6.47 Å². The lowest BCUT2D eigenvalue weighted by atomic mass is 10.1. The largest absolute Gasteiger partial charge is 0.483 e. The lowest BCUT2D eigenvalue weighted by Gasteiger charge is -2.29. The van der Waals surface area contributed by atoms with E-state index < -0.39 is 0 Å². The molecule has 0 radical (unpaired) electrons. The third-order valence-electron chi connectivity index (χ3n) is 4.74. The standard InChI is InChI=1S/C15H26N2O3.CH2O2/c1-15(3-4-15)14(18)17-6-2-5-16(7-8-17)11-13-12-19-9-10-20-13;2-1-3/h13H,2-12H2,1H3;1H,(H,2,3). The van der Waals surface area contributed by atoms with Crippen LogP contribution in [0.15, 0.2) is 0 Å². The Morgan fingerprint density at radius 3 is 2.61 bits per heavy atom. The Hall–Kier alpha value is -1.18. The predicted molar refractivity (Wildman–Crippen MR) is 84.2 cm³/mol. The van der Waals surface area contributed by atoms with Crippen LogP contribution in [0, 0.1) is 5.41 Å². The van der Waals surface area contributed by atoms with Crippen LogP contribution in [0.3, 0.4) is 0 Å². The van der Waals surface area contributed by atoms with Gasteiger partial charge in [-0.25, -0.2) is 0 Å². The average Bonchev–Trinajstić information content (AvgIpc) is 3.33. The van der Waals surface area contributed by atoms with Crippen molar-refractivity contribution in [3.05, 3.63) is 0 Å². The number of ether oxygens (including phenoxy) is 2.